The van der Waals surface area contributed by atoms with Crippen molar-refractivity contribution >= 4 is 15.7 Å². The molecule has 0 saturated carbocycles. The van der Waals surface area contributed by atoms with Gasteiger partial charge in [-0.2, -0.15) is 0 Å². The molecule has 0 aromatic heterocycles. The Morgan fingerprint density at radius 2 is 2.05 bits per heavy atom. The molecule has 1 aromatic carbocycles. The molecule has 1 fully saturated rings. The van der Waals surface area contributed by atoms with Crippen LogP contribution in [0.25, 0.3) is 0 Å². The average molecular weight is 324 g/mol. The molecule has 122 valence electrons. The molecule has 22 heavy (non-hydrogen) atoms. The van der Waals surface area contributed by atoms with E-state index in [0.29, 0.717) is 25.9 Å². The molecule has 1 unspecified atom stereocenters. The van der Waals surface area contributed by atoms with Crippen molar-refractivity contribution in [1.82, 2.24) is 10.2 Å². The van der Waals surface area contributed by atoms with E-state index >= 15 is 0 Å². The lowest BCUT2D eigenvalue weighted by Gasteiger charge is -2.27. The van der Waals surface area contributed by atoms with Crippen LogP contribution in [-0.4, -0.2) is 49.9 Å². The largest absolute Gasteiger partial charge is 0.339 e. The number of benzene rings is 1. The van der Waals surface area contributed by atoms with Gasteiger partial charge in [0.2, 0.25) is 5.91 Å². The van der Waals surface area contributed by atoms with Gasteiger partial charge < -0.3 is 10.2 Å². The number of hydrogen-bond acceptors (Lipinski definition) is 4. The molecule has 0 spiro atoms. The van der Waals surface area contributed by atoms with Crippen molar-refractivity contribution in [2.45, 2.75) is 32.4 Å². The van der Waals surface area contributed by atoms with Crippen molar-refractivity contribution in [1.29, 1.82) is 0 Å². The zero-order valence-electron chi connectivity index (χ0n) is 13.0. The first-order chi connectivity index (χ1) is 10.5. The van der Waals surface area contributed by atoms with Crippen LogP contribution >= 0.6 is 0 Å². The third-order valence-corrected chi connectivity index (χ3v) is 5.75. The van der Waals surface area contributed by atoms with Crippen molar-refractivity contribution in [3.05, 3.63) is 35.9 Å². The van der Waals surface area contributed by atoms with E-state index in [1.54, 1.807) is 4.90 Å². The van der Waals surface area contributed by atoms with Crippen LogP contribution in [-0.2, 0) is 21.2 Å². The molecule has 1 amide bonds. The molecule has 1 aliphatic heterocycles. The van der Waals surface area contributed by atoms with E-state index in [2.05, 4.69) is 5.32 Å². The molecule has 1 saturated heterocycles. The lowest BCUT2D eigenvalue weighted by atomic mass is 10.2. The van der Waals surface area contributed by atoms with Gasteiger partial charge in [0.25, 0.3) is 0 Å². The smallest absolute Gasteiger partial charge is 0.224 e. The van der Waals surface area contributed by atoms with E-state index < -0.39 is 9.84 Å². The van der Waals surface area contributed by atoms with Gasteiger partial charge in [0.05, 0.1) is 11.5 Å². The van der Waals surface area contributed by atoms with Gasteiger partial charge in [0.15, 0.2) is 9.84 Å². The zero-order chi connectivity index (χ0) is 16.0. The molecule has 1 aliphatic rings. The maximum absolute atomic E-state index is 12.3. The van der Waals surface area contributed by atoms with Gasteiger partial charge in [-0.3, -0.25) is 4.79 Å². The summed E-state index contributed by atoms with van der Waals surface area (Å²) >= 11 is 0. The fourth-order valence-corrected chi connectivity index (χ4v) is 4.56. The summed E-state index contributed by atoms with van der Waals surface area (Å²) in [5.41, 5.74) is 1.18. The molecular weight excluding hydrogens is 300 g/mol. The van der Waals surface area contributed by atoms with E-state index in [1.807, 2.05) is 37.3 Å². The van der Waals surface area contributed by atoms with Crippen molar-refractivity contribution in [2.75, 3.05) is 24.6 Å². The van der Waals surface area contributed by atoms with Gasteiger partial charge in [-0.15, -0.1) is 0 Å². The van der Waals surface area contributed by atoms with Gasteiger partial charge in [0.1, 0.15) is 0 Å². The molecule has 2 rings (SSSR count). The number of hydrogen-bond donors (Lipinski definition) is 1. The number of amides is 1. The predicted octanol–water partition coefficient (Wildman–Crippen LogP) is 1.20. The molecule has 1 heterocycles. The Bertz CT molecular complexity index is 587. The summed E-state index contributed by atoms with van der Waals surface area (Å²) in [7, 11) is -2.95. The minimum Gasteiger partial charge on any atom is -0.339 e. The minimum atomic E-state index is -2.95. The van der Waals surface area contributed by atoms with E-state index in [0.717, 1.165) is 6.54 Å². The lowest BCUT2D eigenvalue weighted by molar-refractivity contribution is -0.132. The van der Waals surface area contributed by atoms with Crippen molar-refractivity contribution in [3.63, 3.8) is 0 Å². The van der Waals surface area contributed by atoms with Crippen LogP contribution < -0.4 is 5.32 Å². The van der Waals surface area contributed by atoms with Gasteiger partial charge in [-0.25, -0.2) is 8.42 Å². The van der Waals surface area contributed by atoms with E-state index in [9.17, 15) is 13.2 Å². The van der Waals surface area contributed by atoms with Crippen molar-refractivity contribution in [2.24, 2.45) is 0 Å². The van der Waals surface area contributed by atoms with Gasteiger partial charge in [-0.05, 0) is 18.9 Å². The first kappa shape index (κ1) is 17.0. The van der Waals surface area contributed by atoms with Crippen LogP contribution in [0.3, 0.4) is 0 Å². The lowest BCUT2D eigenvalue weighted by Crippen LogP contribution is -2.41. The Kier molecular flexibility index (Phi) is 5.97. The highest BCUT2D eigenvalue weighted by Gasteiger charge is 2.33. The van der Waals surface area contributed by atoms with E-state index in [1.165, 1.54) is 5.56 Å². The first-order valence-corrected chi connectivity index (χ1v) is 9.58. The molecule has 0 bridgehead atoms. The number of sulfone groups is 1. The highest BCUT2D eigenvalue weighted by molar-refractivity contribution is 7.91. The summed E-state index contributed by atoms with van der Waals surface area (Å²) < 4.78 is 23.1. The normalized spacial score (nSPS) is 20.0. The fraction of sp³-hybridized carbons (Fsp3) is 0.562. The SMILES string of the molecule is CCN(C(=O)CCNCc1ccccc1)C1CCS(=O)(=O)C1. The van der Waals surface area contributed by atoms with Crippen LogP contribution in [0, 0.1) is 0 Å². The van der Waals surface area contributed by atoms with Gasteiger partial charge in [-0.1, -0.05) is 30.3 Å². The Balaban J connectivity index is 1.75. The summed E-state index contributed by atoms with van der Waals surface area (Å²) in [6.45, 7) is 3.81. The number of nitrogens with zero attached hydrogens (tertiary/aromatic N) is 1. The molecule has 0 radical (unpaired) electrons. The van der Waals surface area contributed by atoms with Crippen LogP contribution in [0.4, 0.5) is 0 Å². The Morgan fingerprint density at radius 3 is 2.64 bits per heavy atom. The third kappa shape index (κ3) is 4.81. The molecular formula is C16H24N2O3S. The monoisotopic (exact) mass is 324 g/mol. The number of nitrogens with one attached hydrogen (secondary N) is 1. The summed E-state index contributed by atoms with van der Waals surface area (Å²) in [5.74, 6) is 0.350. The van der Waals surface area contributed by atoms with Gasteiger partial charge >= 0.3 is 0 Å². The molecule has 5 nitrogen and oxygen atoms in total. The highest BCUT2D eigenvalue weighted by Crippen LogP contribution is 2.18. The topological polar surface area (TPSA) is 66.5 Å². The molecule has 1 aromatic rings. The second kappa shape index (κ2) is 7.74. The number of carbonyl (C=O) groups is 1. The molecule has 0 aliphatic carbocycles. The van der Waals surface area contributed by atoms with Crippen LogP contribution in [0.5, 0.6) is 0 Å². The standard InChI is InChI=1S/C16H24N2O3S/c1-2-18(15-9-11-22(20,21)13-15)16(19)8-10-17-12-14-6-4-3-5-7-14/h3-7,15,17H,2,8-13H2,1H3. The van der Waals surface area contributed by atoms with Crippen molar-refractivity contribution in [3.8, 4) is 0 Å². The van der Waals surface area contributed by atoms with Crippen molar-refractivity contribution < 1.29 is 13.2 Å². The summed E-state index contributed by atoms with van der Waals surface area (Å²) in [4.78, 5) is 14.0. The van der Waals surface area contributed by atoms with E-state index in [4.69, 9.17) is 0 Å². The highest BCUT2D eigenvalue weighted by atomic mass is 32.2. The predicted molar refractivity (Wildman–Crippen MR) is 87.2 cm³/mol. The molecule has 1 atom stereocenters. The Morgan fingerprint density at radius 1 is 1.32 bits per heavy atom. The molecule has 6 heteroatoms. The Labute approximate surface area is 132 Å². The van der Waals surface area contributed by atoms with Crippen LogP contribution in [0.2, 0.25) is 0 Å². The zero-order valence-corrected chi connectivity index (χ0v) is 13.8. The fourth-order valence-electron chi connectivity index (χ4n) is 2.83. The average Bonchev–Trinajstić information content (AvgIpc) is 2.85. The van der Waals surface area contributed by atoms with Crippen LogP contribution in [0.15, 0.2) is 30.3 Å². The van der Waals surface area contributed by atoms with Crippen LogP contribution in [0.1, 0.15) is 25.3 Å². The first-order valence-electron chi connectivity index (χ1n) is 7.76. The quantitative estimate of drug-likeness (QED) is 0.766. The van der Waals surface area contributed by atoms with E-state index in [-0.39, 0.29) is 23.5 Å². The number of rotatable bonds is 7. The second-order valence-corrected chi connectivity index (χ2v) is 7.88. The maximum Gasteiger partial charge on any atom is 0.224 e. The summed E-state index contributed by atoms with van der Waals surface area (Å²) in [6.07, 6.45) is 0.969. The third-order valence-electron chi connectivity index (χ3n) is 4.00. The number of carbonyl (C=O) groups excluding carboxylic acids is 1. The molecule has 1 N–H and O–H groups in total. The Hall–Kier alpha value is -1.40. The summed E-state index contributed by atoms with van der Waals surface area (Å²) in [6, 6.07) is 9.88. The minimum absolute atomic E-state index is 0.0326. The maximum atomic E-state index is 12.3. The van der Waals surface area contributed by atoms with Gasteiger partial charge in [0, 0.05) is 32.1 Å². The summed E-state index contributed by atoms with van der Waals surface area (Å²) in [5, 5.41) is 3.25. The second-order valence-electron chi connectivity index (χ2n) is 5.65.